The Hall–Kier alpha value is -0.460. The van der Waals surface area contributed by atoms with Crippen molar-refractivity contribution in [3.8, 4) is 0 Å². The third-order valence-corrected chi connectivity index (χ3v) is 5.97. The topological polar surface area (TPSA) is 79.2 Å². The van der Waals surface area contributed by atoms with E-state index in [-0.39, 0.29) is 13.2 Å². The van der Waals surface area contributed by atoms with Gasteiger partial charge in [0.2, 0.25) is 0 Å². The Labute approximate surface area is 184 Å². The molecule has 1 saturated heterocycles. The average molecular weight is 429 g/mol. The predicted molar refractivity (Wildman–Crippen MR) is 123 cm³/mol. The summed E-state index contributed by atoms with van der Waals surface area (Å²) in [5.74, 6) is 0. The minimum atomic E-state index is -0.988. The van der Waals surface area contributed by atoms with Gasteiger partial charge in [-0.25, -0.2) is 0 Å². The maximum atomic E-state index is 9.83. The summed E-state index contributed by atoms with van der Waals surface area (Å²) in [4.78, 5) is 0. The van der Waals surface area contributed by atoms with Crippen LogP contribution in [0.25, 0.3) is 0 Å². The van der Waals surface area contributed by atoms with Gasteiger partial charge in [-0.15, -0.1) is 0 Å². The van der Waals surface area contributed by atoms with E-state index < -0.39 is 24.4 Å². The highest BCUT2D eigenvalue weighted by Crippen LogP contribution is 2.19. The molecule has 30 heavy (non-hydrogen) atoms. The first kappa shape index (κ1) is 27.6. The molecular weight excluding hydrogens is 380 g/mol. The minimum Gasteiger partial charge on any atom is -0.394 e. The summed E-state index contributed by atoms with van der Waals surface area (Å²) >= 11 is 0. The molecule has 0 aromatic rings. The van der Waals surface area contributed by atoms with Gasteiger partial charge in [-0.3, -0.25) is 0 Å². The van der Waals surface area contributed by atoms with Gasteiger partial charge in [0.05, 0.1) is 13.2 Å². The fraction of sp³-hybridized carbons (Fsp3) is 0.920. The van der Waals surface area contributed by atoms with Crippen LogP contribution in [-0.2, 0) is 9.47 Å². The third-order valence-electron chi connectivity index (χ3n) is 5.97. The second-order valence-electron chi connectivity index (χ2n) is 8.74. The molecule has 5 nitrogen and oxygen atoms in total. The number of unbranched alkanes of at least 4 members (excludes halogenated alkanes) is 13. The van der Waals surface area contributed by atoms with E-state index in [9.17, 15) is 15.3 Å². The molecule has 0 aliphatic carbocycles. The summed E-state index contributed by atoms with van der Waals surface area (Å²) in [6, 6.07) is 0. The van der Waals surface area contributed by atoms with Gasteiger partial charge in [-0.2, -0.15) is 0 Å². The van der Waals surface area contributed by atoms with E-state index in [2.05, 4.69) is 19.1 Å². The van der Waals surface area contributed by atoms with Crippen molar-refractivity contribution in [3.63, 3.8) is 0 Å². The summed E-state index contributed by atoms with van der Waals surface area (Å²) in [5, 5.41) is 28.8. The molecule has 0 radical (unpaired) electrons. The number of aliphatic hydroxyl groups is 3. The summed E-state index contributed by atoms with van der Waals surface area (Å²) in [6.07, 6.45) is 20.9. The van der Waals surface area contributed by atoms with Gasteiger partial charge in [0, 0.05) is 6.61 Å². The number of allylic oxidation sites excluding steroid dienone is 2. The first-order chi connectivity index (χ1) is 14.7. The molecule has 1 heterocycles. The Morgan fingerprint density at radius 2 is 1.37 bits per heavy atom. The van der Waals surface area contributed by atoms with Crippen molar-refractivity contribution >= 4 is 0 Å². The van der Waals surface area contributed by atoms with E-state index in [0.29, 0.717) is 6.61 Å². The standard InChI is InChI=1S/C25H48O5/c1-2-3-4-5-6-7-8-9-10-11-12-13-14-15-16-17-18-19-29-23(20-26)25-24(28)22(27)21-30-25/h15-16,22-28H,2-14,17-21H2,1H3/b16-15+/t22-,23+,24+,25+/m0/s1. The number of aliphatic hydroxyl groups excluding tert-OH is 3. The van der Waals surface area contributed by atoms with Crippen LogP contribution in [0.15, 0.2) is 12.2 Å². The quantitative estimate of drug-likeness (QED) is 0.190. The van der Waals surface area contributed by atoms with Crippen molar-refractivity contribution in [2.45, 2.75) is 128 Å². The molecule has 0 unspecified atom stereocenters. The van der Waals surface area contributed by atoms with E-state index >= 15 is 0 Å². The lowest BCUT2D eigenvalue weighted by molar-refractivity contribution is -0.101. The predicted octanol–water partition coefficient (Wildman–Crippen LogP) is 4.91. The van der Waals surface area contributed by atoms with Gasteiger partial charge >= 0.3 is 0 Å². The first-order valence-corrected chi connectivity index (χ1v) is 12.6. The largest absolute Gasteiger partial charge is 0.394 e. The zero-order valence-electron chi connectivity index (χ0n) is 19.4. The smallest absolute Gasteiger partial charge is 0.114 e. The molecule has 0 aromatic carbocycles. The number of rotatable bonds is 20. The van der Waals surface area contributed by atoms with Crippen molar-refractivity contribution in [1.29, 1.82) is 0 Å². The fourth-order valence-corrected chi connectivity index (χ4v) is 3.98. The van der Waals surface area contributed by atoms with Crippen LogP contribution in [-0.4, -0.2) is 59.6 Å². The second kappa shape index (κ2) is 19.2. The van der Waals surface area contributed by atoms with Crippen LogP contribution >= 0.6 is 0 Å². The fourth-order valence-electron chi connectivity index (χ4n) is 3.98. The molecule has 0 spiro atoms. The van der Waals surface area contributed by atoms with E-state index in [1.54, 1.807) is 0 Å². The summed E-state index contributed by atoms with van der Waals surface area (Å²) in [6.45, 7) is 2.65. The van der Waals surface area contributed by atoms with Crippen LogP contribution < -0.4 is 0 Å². The van der Waals surface area contributed by atoms with Crippen molar-refractivity contribution in [3.05, 3.63) is 12.2 Å². The SMILES string of the molecule is CCCCCCCCCCCCCC/C=C/CCCO[C@H](CO)[C@H]1OC[C@H](O)[C@H]1O. The van der Waals surface area contributed by atoms with Crippen LogP contribution in [0.2, 0.25) is 0 Å². The molecule has 0 saturated carbocycles. The molecule has 0 aromatic heterocycles. The molecule has 5 heteroatoms. The molecule has 4 atom stereocenters. The molecule has 0 amide bonds. The lowest BCUT2D eigenvalue weighted by Gasteiger charge is -2.24. The molecule has 1 aliphatic heterocycles. The summed E-state index contributed by atoms with van der Waals surface area (Å²) in [7, 11) is 0. The van der Waals surface area contributed by atoms with E-state index in [0.717, 1.165) is 19.3 Å². The van der Waals surface area contributed by atoms with E-state index in [4.69, 9.17) is 9.47 Å². The van der Waals surface area contributed by atoms with Crippen LogP contribution in [0.4, 0.5) is 0 Å². The molecule has 1 fully saturated rings. The van der Waals surface area contributed by atoms with Crippen molar-refractivity contribution in [1.82, 2.24) is 0 Å². The molecule has 1 rings (SSSR count). The van der Waals surface area contributed by atoms with Crippen LogP contribution in [0.1, 0.15) is 103 Å². The number of ether oxygens (including phenoxy) is 2. The normalized spacial score (nSPS) is 22.9. The highest BCUT2D eigenvalue weighted by Gasteiger charge is 2.40. The van der Waals surface area contributed by atoms with Gasteiger partial charge in [-0.05, 0) is 25.7 Å². The molecule has 0 bridgehead atoms. The van der Waals surface area contributed by atoms with Gasteiger partial charge in [0.1, 0.15) is 24.4 Å². The Kier molecular flexibility index (Phi) is 17.7. The summed E-state index contributed by atoms with van der Waals surface area (Å²) < 4.78 is 11.0. The Balaban J connectivity index is 1.85. The van der Waals surface area contributed by atoms with Crippen molar-refractivity contribution in [2.75, 3.05) is 19.8 Å². The van der Waals surface area contributed by atoms with Gasteiger partial charge in [0.15, 0.2) is 0 Å². The van der Waals surface area contributed by atoms with Gasteiger partial charge < -0.3 is 24.8 Å². The van der Waals surface area contributed by atoms with E-state index in [1.165, 1.54) is 77.0 Å². The molecule has 3 N–H and O–H groups in total. The minimum absolute atomic E-state index is 0.0908. The van der Waals surface area contributed by atoms with Crippen LogP contribution in [0, 0.1) is 0 Å². The van der Waals surface area contributed by atoms with Crippen molar-refractivity contribution < 1.29 is 24.8 Å². The van der Waals surface area contributed by atoms with Crippen molar-refractivity contribution in [2.24, 2.45) is 0 Å². The van der Waals surface area contributed by atoms with Gasteiger partial charge in [0.25, 0.3) is 0 Å². The maximum Gasteiger partial charge on any atom is 0.114 e. The highest BCUT2D eigenvalue weighted by molar-refractivity contribution is 4.88. The number of hydrogen-bond acceptors (Lipinski definition) is 5. The maximum absolute atomic E-state index is 9.83. The molecule has 178 valence electrons. The monoisotopic (exact) mass is 428 g/mol. The average Bonchev–Trinajstić information content (AvgIpc) is 3.08. The highest BCUT2D eigenvalue weighted by atomic mass is 16.6. The zero-order chi connectivity index (χ0) is 21.9. The summed E-state index contributed by atoms with van der Waals surface area (Å²) in [5.41, 5.74) is 0. The molecule has 1 aliphatic rings. The molecular formula is C25H48O5. The van der Waals surface area contributed by atoms with Gasteiger partial charge in [-0.1, -0.05) is 89.7 Å². The number of hydrogen-bond donors (Lipinski definition) is 3. The Bertz CT molecular complexity index is 401. The Morgan fingerprint density at radius 1 is 0.833 bits per heavy atom. The first-order valence-electron chi connectivity index (χ1n) is 12.6. The van der Waals surface area contributed by atoms with Crippen LogP contribution in [0.3, 0.4) is 0 Å². The van der Waals surface area contributed by atoms with Crippen LogP contribution in [0.5, 0.6) is 0 Å². The lowest BCUT2D eigenvalue weighted by atomic mass is 10.0. The van der Waals surface area contributed by atoms with E-state index in [1.807, 2.05) is 0 Å². The second-order valence-corrected chi connectivity index (χ2v) is 8.74. The Morgan fingerprint density at radius 3 is 1.87 bits per heavy atom. The zero-order valence-corrected chi connectivity index (χ0v) is 19.4. The third kappa shape index (κ3) is 13.1. The lowest BCUT2D eigenvalue weighted by Crippen LogP contribution is -2.42.